The van der Waals surface area contributed by atoms with E-state index in [1.807, 2.05) is 0 Å². The molecule has 21 heavy (non-hydrogen) atoms. The van der Waals surface area contributed by atoms with E-state index in [-0.39, 0.29) is 0 Å². The third-order valence-electron chi connectivity index (χ3n) is 4.12. The van der Waals surface area contributed by atoms with Crippen LogP contribution in [0, 0.1) is 13.8 Å². The zero-order chi connectivity index (χ0) is 15.1. The Balaban J connectivity index is 1.95. The van der Waals surface area contributed by atoms with E-state index >= 15 is 0 Å². The lowest BCUT2D eigenvalue weighted by Gasteiger charge is -2.19. The van der Waals surface area contributed by atoms with Gasteiger partial charge in [-0.2, -0.15) is 0 Å². The standard InChI is InChI=1S/C20H27N/c1-4-21-20(15-19-8-6-5-7-17(19)3)14-13-18-11-9-16(2)10-12-18/h5-12,20-21H,4,13-15H2,1-3H3. The Labute approximate surface area is 129 Å². The molecule has 1 heteroatoms. The zero-order valence-corrected chi connectivity index (χ0v) is 13.5. The molecule has 0 saturated heterocycles. The Morgan fingerprint density at radius 3 is 2.33 bits per heavy atom. The molecule has 1 N–H and O–H groups in total. The van der Waals surface area contributed by atoms with Gasteiger partial charge in [-0.05, 0) is 56.3 Å². The van der Waals surface area contributed by atoms with Crippen LogP contribution in [-0.4, -0.2) is 12.6 Å². The molecular formula is C20H27N. The summed E-state index contributed by atoms with van der Waals surface area (Å²) in [4.78, 5) is 0. The molecule has 0 bridgehead atoms. The predicted molar refractivity (Wildman–Crippen MR) is 91.8 cm³/mol. The number of hydrogen-bond donors (Lipinski definition) is 1. The molecule has 2 aromatic carbocycles. The summed E-state index contributed by atoms with van der Waals surface area (Å²) in [6.07, 6.45) is 3.45. The van der Waals surface area contributed by atoms with Crippen LogP contribution in [0.2, 0.25) is 0 Å². The van der Waals surface area contributed by atoms with Crippen LogP contribution in [0.25, 0.3) is 0 Å². The van der Waals surface area contributed by atoms with Crippen molar-refractivity contribution < 1.29 is 0 Å². The third-order valence-corrected chi connectivity index (χ3v) is 4.12. The van der Waals surface area contributed by atoms with E-state index in [4.69, 9.17) is 0 Å². The smallest absolute Gasteiger partial charge is 0.0111 e. The molecule has 0 aliphatic rings. The first-order valence-corrected chi connectivity index (χ1v) is 8.02. The van der Waals surface area contributed by atoms with Gasteiger partial charge in [-0.25, -0.2) is 0 Å². The first kappa shape index (κ1) is 15.8. The summed E-state index contributed by atoms with van der Waals surface area (Å²) in [5.41, 5.74) is 5.64. The molecule has 0 spiro atoms. The Morgan fingerprint density at radius 1 is 0.952 bits per heavy atom. The van der Waals surface area contributed by atoms with Crippen molar-refractivity contribution in [1.29, 1.82) is 0 Å². The lowest BCUT2D eigenvalue weighted by Crippen LogP contribution is -2.31. The van der Waals surface area contributed by atoms with Gasteiger partial charge in [0.2, 0.25) is 0 Å². The molecule has 1 atom stereocenters. The molecule has 1 unspecified atom stereocenters. The lowest BCUT2D eigenvalue weighted by molar-refractivity contribution is 0.490. The molecule has 0 amide bonds. The topological polar surface area (TPSA) is 12.0 Å². The summed E-state index contributed by atoms with van der Waals surface area (Å²) in [6, 6.07) is 18.2. The average molecular weight is 281 g/mol. The number of benzene rings is 2. The largest absolute Gasteiger partial charge is 0.314 e. The first-order chi connectivity index (χ1) is 10.2. The van der Waals surface area contributed by atoms with Gasteiger partial charge in [0.1, 0.15) is 0 Å². The molecule has 0 radical (unpaired) electrons. The van der Waals surface area contributed by atoms with Crippen molar-refractivity contribution in [3.05, 3.63) is 70.8 Å². The van der Waals surface area contributed by atoms with E-state index in [0.29, 0.717) is 6.04 Å². The highest BCUT2D eigenvalue weighted by atomic mass is 14.9. The minimum Gasteiger partial charge on any atom is -0.314 e. The van der Waals surface area contributed by atoms with Crippen LogP contribution in [0.1, 0.15) is 35.6 Å². The van der Waals surface area contributed by atoms with Gasteiger partial charge in [0.05, 0.1) is 0 Å². The van der Waals surface area contributed by atoms with Crippen molar-refractivity contribution >= 4 is 0 Å². The van der Waals surface area contributed by atoms with E-state index in [2.05, 4.69) is 74.6 Å². The normalized spacial score (nSPS) is 12.3. The summed E-state index contributed by atoms with van der Waals surface area (Å²) in [5, 5.41) is 3.64. The molecule has 0 aliphatic carbocycles. The van der Waals surface area contributed by atoms with E-state index in [1.54, 1.807) is 0 Å². The second kappa shape index (κ2) is 7.99. The van der Waals surface area contributed by atoms with Crippen molar-refractivity contribution in [2.75, 3.05) is 6.54 Å². The fourth-order valence-corrected chi connectivity index (χ4v) is 2.77. The van der Waals surface area contributed by atoms with E-state index < -0.39 is 0 Å². The fraction of sp³-hybridized carbons (Fsp3) is 0.400. The molecule has 2 rings (SSSR count). The first-order valence-electron chi connectivity index (χ1n) is 8.02. The van der Waals surface area contributed by atoms with Crippen molar-refractivity contribution in [1.82, 2.24) is 5.32 Å². The second-order valence-electron chi connectivity index (χ2n) is 5.91. The fourth-order valence-electron chi connectivity index (χ4n) is 2.77. The van der Waals surface area contributed by atoms with Crippen molar-refractivity contribution in [2.45, 2.75) is 46.1 Å². The highest BCUT2D eigenvalue weighted by Crippen LogP contribution is 2.14. The van der Waals surface area contributed by atoms with Gasteiger partial charge in [-0.15, -0.1) is 0 Å². The van der Waals surface area contributed by atoms with E-state index in [9.17, 15) is 0 Å². The Morgan fingerprint density at radius 2 is 1.67 bits per heavy atom. The monoisotopic (exact) mass is 281 g/mol. The van der Waals surface area contributed by atoms with Crippen LogP contribution in [-0.2, 0) is 12.8 Å². The van der Waals surface area contributed by atoms with Crippen molar-refractivity contribution in [3.63, 3.8) is 0 Å². The molecule has 0 saturated carbocycles. The Hall–Kier alpha value is -1.60. The van der Waals surface area contributed by atoms with Gasteiger partial charge in [0.25, 0.3) is 0 Å². The molecule has 0 fully saturated rings. The predicted octanol–water partition coefficient (Wildman–Crippen LogP) is 4.46. The van der Waals surface area contributed by atoms with E-state index in [0.717, 1.165) is 19.4 Å². The highest BCUT2D eigenvalue weighted by Gasteiger charge is 2.10. The SMILES string of the molecule is CCNC(CCc1ccc(C)cc1)Cc1ccccc1C. The van der Waals surface area contributed by atoms with Crippen LogP contribution >= 0.6 is 0 Å². The van der Waals surface area contributed by atoms with Gasteiger partial charge < -0.3 is 5.32 Å². The minimum absolute atomic E-state index is 0.553. The Bertz CT molecular complexity index is 542. The number of nitrogens with one attached hydrogen (secondary N) is 1. The number of rotatable bonds is 7. The molecule has 2 aromatic rings. The molecule has 0 heterocycles. The van der Waals surface area contributed by atoms with Gasteiger partial charge in [-0.1, -0.05) is 61.0 Å². The van der Waals surface area contributed by atoms with Crippen LogP contribution in [0.3, 0.4) is 0 Å². The van der Waals surface area contributed by atoms with Gasteiger partial charge in [0.15, 0.2) is 0 Å². The van der Waals surface area contributed by atoms with Gasteiger partial charge in [0, 0.05) is 6.04 Å². The highest BCUT2D eigenvalue weighted by molar-refractivity contribution is 5.26. The quantitative estimate of drug-likeness (QED) is 0.790. The van der Waals surface area contributed by atoms with Gasteiger partial charge in [-0.3, -0.25) is 0 Å². The maximum absolute atomic E-state index is 3.64. The molecule has 0 aliphatic heterocycles. The Kier molecular flexibility index (Phi) is 6.01. The van der Waals surface area contributed by atoms with Crippen LogP contribution in [0.4, 0.5) is 0 Å². The van der Waals surface area contributed by atoms with Crippen molar-refractivity contribution in [3.8, 4) is 0 Å². The number of likely N-dealkylation sites (N-methyl/N-ethyl adjacent to an activating group) is 1. The molecular weight excluding hydrogens is 254 g/mol. The summed E-state index contributed by atoms with van der Waals surface area (Å²) in [7, 11) is 0. The van der Waals surface area contributed by atoms with Crippen LogP contribution < -0.4 is 5.32 Å². The molecule has 0 aromatic heterocycles. The number of hydrogen-bond acceptors (Lipinski definition) is 1. The van der Waals surface area contributed by atoms with Crippen LogP contribution in [0.5, 0.6) is 0 Å². The average Bonchev–Trinajstić information content (AvgIpc) is 2.49. The molecule has 112 valence electrons. The zero-order valence-electron chi connectivity index (χ0n) is 13.5. The number of aryl methyl sites for hydroxylation is 3. The summed E-state index contributed by atoms with van der Waals surface area (Å²) < 4.78 is 0. The summed E-state index contributed by atoms with van der Waals surface area (Å²) in [6.45, 7) is 7.57. The van der Waals surface area contributed by atoms with Crippen LogP contribution in [0.15, 0.2) is 48.5 Å². The minimum atomic E-state index is 0.553. The second-order valence-corrected chi connectivity index (χ2v) is 5.91. The van der Waals surface area contributed by atoms with Gasteiger partial charge >= 0.3 is 0 Å². The maximum atomic E-state index is 3.64. The maximum Gasteiger partial charge on any atom is 0.0111 e. The summed E-state index contributed by atoms with van der Waals surface area (Å²) in [5.74, 6) is 0. The molecule has 1 nitrogen and oxygen atoms in total. The van der Waals surface area contributed by atoms with Crippen molar-refractivity contribution in [2.24, 2.45) is 0 Å². The van der Waals surface area contributed by atoms with E-state index in [1.165, 1.54) is 28.7 Å². The summed E-state index contributed by atoms with van der Waals surface area (Å²) >= 11 is 0. The lowest BCUT2D eigenvalue weighted by atomic mass is 9.96. The third kappa shape index (κ3) is 5.02.